The number of carbonyl (C=O) groups excluding carboxylic acids is 2. The van der Waals surface area contributed by atoms with Crippen LogP contribution in [0.5, 0.6) is 0 Å². The molecule has 2 aromatic rings. The predicted octanol–water partition coefficient (Wildman–Crippen LogP) is 2.60. The summed E-state index contributed by atoms with van der Waals surface area (Å²) in [4.78, 5) is 31.1. The molecule has 3 rings (SSSR count). The molecular weight excluding hydrogens is 364 g/mol. The summed E-state index contributed by atoms with van der Waals surface area (Å²) in [6.45, 7) is 7.39. The van der Waals surface area contributed by atoms with Gasteiger partial charge in [-0.1, -0.05) is 35.9 Å². The molecule has 0 unspecified atom stereocenters. The van der Waals surface area contributed by atoms with Gasteiger partial charge >= 0.3 is 0 Å². The molecule has 1 fully saturated rings. The van der Waals surface area contributed by atoms with Crippen molar-refractivity contribution >= 4 is 23.2 Å². The lowest BCUT2D eigenvalue weighted by Crippen LogP contribution is -2.54. The van der Waals surface area contributed by atoms with Crippen molar-refractivity contribution in [2.24, 2.45) is 0 Å². The van der Waals surface area contributed by atoms with Gasteiger partial charge in [0.2, 0.25) is 11.8 Å². The van der Waals surface area contributed by atoms with Gasteiger partial charge in [-0.2, -0.15) is 0 Å². The topological polar surface area (TPSA) is 55.9 Å². The lowest BCUT2D eigenvalue weighted by atomic mass is 10.2. The van der Waals surface area contributed by atoms with Crippen molar-refractivity contribution in [3.8, 4) is 0 Å². The Balaban J connectivity index is 1.48. The third-order valence-electron chi connectivity index (χ3n) is 5.43. The van der Waals surface area contributed by atoms with Gasteiger partial charge in [0, 0.05) is 44.6 Å². The van der Waals surface area contributed by atoms with Gasteiger partial charge in [-0.3, -0.25) is 14.5 Å². The van der Waals surface area contributed by atoms with Gasteiger partial charge in [-0.15, -0.1) is 0 Å². The second-order valence-corrected chi connectivity index (χ2v) is 7.64. The van der Waals surface area contributed by atoms with Crippen LogP contribution in [0.1, 0.15) is 12.5 Å². The first-order valence-electron chi connectivity index (χ1n) is 10.1. The van der Waals surface area contributed by atoms with E-state index in [9.17, 15) is 9.59 Å². The Kier molecular flexibility index (Phi) is 6.88. The number of likely N-dealkylation sites (N-methyl/N-ethyl adjacent to an activating group) is 1. The lowest BCUT2D eigenvalue weighted by Gasteiger charge is -2.39. The fourth-order valence-corrected chi connectivity index (χ4v) is 3.61. The van der Waals surface area contributed by atoms with Crippen molar-refractivity contribution in [3.05, 3.63) is 60.2 Å². The Morgan fingerprint density at radius 3 is 2.24 bits per heavy atom. The van der Waals surface area contributed by atoms with E-state index >= 15 is 0 Å². The van der Waals surface area contributed by atoms with Crippen molar-refractivity contribution in [2.75, 3.05) is 50.0 Å². The van der Waals surface area contributed by atoms with Crippen LogP contribution in [0.25, 0.3) is 0 Å². The Bertz CT molecular complexity index is 815. The zero-order chi connectivity index (χ0) is 20.8. The zero-order valence-corrected chi connectivity index (χ0v) is 17.5. The average molecular weight is 395 g/mol. The van der Waals surface area contributed by atoms with Gasteiger partial charge in [0.1, 0.15) is 0 Å². The predicted molar refractivity (Wildman–Crippen MR) is 117 cm³/mol. The van der Waals surface area contributed by atoms with E-state index in [1.807, 2.05) is 56.3 Å². The number of hydrogen-bond acceptors (Lipinski definition) is 4. The standard InChI is InChI=1S/C23H30N4O2/c1-18-9-11-20(12-10-18)24-22(28)17-25(3)23(29)19(2)26-13-15-27(16-14-26)21-7-5-4-6-8-21/h4-12,19H,13-17H2,1-3H3,(H,24,28)/t19-/m0/s1. The number of anilines is 2. The van der Waals surface area contributed by atoms with E-state index in [1.165, 1.54) is 10.6 Å². The molecule has 1 aliphatic rings. The van der Waals surface area contributed by atoms with Crippen LogP contribution in [0.2, 0.25) is 0 Å². The minimum absolute atomic E-state index is 0.0304. The molecule has 1 atom stereocenters. The van der Waals surface area contributed by atoms with Gasteiger partial charge in [0.05, 0.1) is 12.6 Å². The number of hydrogen-bond donors (Lipinski definition) is 1. The van der Waals surface area contributed by atoms with Gasteiger partial charge in [0.25, 0.3) is 0 Å². The molecule has 6 nitrogen and oxygen atoms in total. The van der Waals surface area contributed by atoms with Crippen LogP contribution in [0.15, 0.2) is 54.6 Å². The highest BCUT2D eigenvalue weighted by atomic mass is 16.2. The first-order chi connectivity index (χ1) is 13.9. The molecular formula is C23H30N4O2. The fourth-order valence-electron chi connectivity index (χ4n) is 3.61. The number of aryl methyl sites for hydroxylation is 1. The number of rotatable bonds is 6. The molecule has 1 aliphatic heterocycles. The number of carbonyl (C=O) groups is 2. The van der Waals surface area contributed by atoms with Crippen LogP contribution >= 0.6 is 0 Å². The SMILES string of the molecule is Cc1ccc(NC(=O)CN(C)C(=O)[C@H](C)N2CCN(c3ccccc3)CC2)cc1. The third kappa shape index (κ3) is 5.57. The molecule has 29 heavy (non-hydrogen) atoms. The highest BCUT2D eigenvalue weighted by Crippen LogP contribution is 2.17. The van der Waals surface area contributed by atoms with Crippen molar-refractivity contribution < 1.29 is 9.59 Å². The molecule has 0 radical (unpaired) electrons. The van der Waals surface area contributed by atoms with Crippen molar-refractivity contribution in [1.82, 2.24) is 9.80 Å². The summed E-state index contributed by atoms with van der Waals surface area (Å²) < 4.78 is 0. The molecule has 1 saturated heterocycles. The van der Waals surface area contributed by atoms with E-state index in [0.29, 0.717) is 0 Å². The normalized spacial score (nSPS) is 15.6. The van der Waals surface area contributed by atoms with Crippen molar-refractivity contribution in [2.45, 2.75) is 19.9 Å². The second-order valence-electron chi connectivity index (χ2n) is 7.64. The molecule has 1 N–H and O–H groups in total. The molecule has 6 heteroatoms. The zero-order valence-electron chi connectivity index (χ0n) is 17.5. The largest absolute Gasteiger partial charge is 0.369 e. The molecule has 154 valence electrons. The van der Waals surface area contributed by atoms with E-state index < -0.39 is 0 Å². The molecule has 0 aromatic heterocycles. The van der Waals surface area contributed by atoms with Gasteiger partial charge in [-0.25, -0.2) is 0 Å². The Morgan fingerprint density at radius 1 is 1.00 bits per heavy atom. The Labute approximate surface area is 173 Å². The number of nitrogens with zero attached hydrogens (tertiary/aromatic N) is 3. The van der Waals surface area contributed by atoms with E-state index in [-0.39, 0.29) is 24.4 Å². The number of piperazine rings is 1. The molecule has 2 amide bonds. The van der Waals surface area contributed by atoms with E-state index in [4.69, 9.17) is 0 Å². The second kappa shape index (κ2) is 9.56. The maximum Gasteiger partial charge on any atom is 0.243 e. The molecule has 0 saturated carbocycles. The summed E-state index contributed by atoms with van der Waals surface area (Å²) in [6, 6.07) is 17.7. The summed E-state index contributed by atoms with van der Waals surface area (Å²) in [5.41, 5.74) is 3.10. The Morgan fingerprint density at radius 2 is 1.62 bits per heavy atom. The monoisotopic (exact) mass is 394 g/mol. The molecule has 0 spiro atoms. The van der Waals surface area contributed by atoms with E-state index in [2.05, 4.69) is 27.2 Å². The summed E-state index contributed by atoms with van der Waals surface area (Å²) >= 11 is 0. The average Bonchev–Trinajstić information content (AvgIpc) is 2.75. The van der Waals surface area contributed by atoms with Crippen LogP contribution < -0.4 is 10.2 Å². The molecule has 2 aromatic carbocycles. The first kappa shape index (κ1) is 20.9. The summed E-state index contributed by atoms with van der Waals surface area (Å²) in [5, 5.41) is 2.84. The summed E-state index contributed by atoms with van der Waals surface area (Å²) in [6.07, 6.45) is 0. The van der Waals surface area contributed by atoms with Crippen LogP contribution in [0.3, 0.4) is 0 Å². The number of amides is 2. The maximum absolute atomic E-state index is 12.8. The first-order valence-corrected chi connectivity index (χ1v) is 10.1. The summed E-state index contributed by atoms with van der Waals surface area (Å²) in [5.74, 6) is -0.219. The van der Waals surface area contributed by atoms with Crippen molar-refractivity contribution in [1.29, 1.82) is 0 Å². The highest BCUT2D eigenvalue weighted by molar-refractivity contribution is 5.95. The van der Waals surface area contributed by atoms with Crippen LogP contribution in [-0.2, 0) is 9.59 Å². The van der Waals surface area contributed by atoms with Crippen LogP contribution in [-0.4, -0.2) is 67.4 Å². The van der Waals surface area contributed by atoms with Crippen LogP contribution in [0.4, 0.5) is 11.4 Å². The number of nitrogens with one attached hydrogen (secondary N) is 1. The van der Waals surface area contributed by atoms with Crippen LogP contribution in [0, 0.1) is 6.92 Å². The lowest BCUT2D eigenvalue weighted by molar-refractivity contribution is -0.137. The van der Waals surface area contributed by atoms with Crippen molar-refractivity contribution in [3.63, 3.8) is 0 Å². The van der Waals surface area contributed by atoms with Gasteiger partial charge in [-0.05, 0) is 38.1 Å². The minimum Gasteiger partial charge on any atom is -0.369 e. The van der Waals surface area contributed by atoms with E-state index in [1.54, 1.807) is 7.05 Å². The molecule has 0 aliphatic carbocycles. The molecule has 1 heterocycles. The van der Waals surface area contributed by atoms with E-state index in [0.717, 1.165) is 37.4 Å². The smallest absolute Gasteiger partial charge is 0.243 e. The minimum atomic E-state index is -0.245. The Hall–Kier alpha value is -2.86. The number of para-hydroxylation sites is 1. The molecule has 0 bridgehead atoms. The highest BCUT2D eigenvalue weighted by Gasteiger charge is 2.28. The van der Waals surface area contributed by atoms with Gasteiger partial charge < -0.3 is 15.1 Å². The quantitative estimate of drug-likeness (QED) is 0.818. The number of benzene rings is 2. The van der Waals surface area contributed by atoms with Gasteiger partial charge in [0.15, 0.2) is 0 Å². The summed E-state index contributed by atoms with van der Waals surface area (Å²) in [7, 11) is 1.69. The maximum atomic E-state index is 12.8. The fraction of sp³-hybridized carbons (Fsp3) is 0.391. The third-order valence-corrected chi connectivity index (χ3v) is 5.43.